The molecule has 1 unspecified atom stereocenters. The third-order valence-electron chi connectivity index (χ3n) is 3.26. The van der Waals surface area contributed by atoms with Gasteiger partial charge in [0.2, 0.25) is 5.91 Å². The summed E-state index contributed by atoms with van der Waals surface area (Å²) in [6, 6.07) is 2.98. The normalized spacial score (nSPS) is 15.9. The summed E-state index contributed by atoms with van der Waals surface area (Å²) < 4.78 is 13.9. The molecule has 0 aromatic heterocycles. The minimum Gasteiger partial charge on any atom is -0.479 e. The lowest BCUT2D eigenvalue weighted by atomic mass is 10.0. The minimum absolute atomic E-state index is 0.0506. The zero-order valence-corrected chi connectivity index (χ0v) is 10.9. The number of hydrogen-bond donors (Lipinski definition) is 1. The lowest BCUT2D eigenvalue weighted by Gasteiger charge is -2.28. The van der Waals surface area contributed by atoms with E-state index >= 15 is 0 Å². The van der Waals surface area contributed by atoms with Gasteiger partial charge in [-0.2, -0.15) is 0 Å². The molecule has 4 nitrogen and oxygen atoms in total. The Hall–Kier alpha value is -1.91. The van der Waals surface area contributed by atoms with Crippen LogP contribution in [0.3, 0.4) is 0 Å². The van der Waals surface area contributed by atoms with Crippen LogP contribution < -0.4 is 0 Å². The average Bonchev–Trinajstić information content (AvgIpc) is 3.12. The summed E-state index contributed by atoms with van der Waals surface area (Å²) in [6.45, 7) is 3.08. The zero-order chi connectivity index (χ0) is 14.2. The number of halogens is 1. The van der Waals surface area contributed by atoms with Gasteiger partial charge < -0.3 is 10.0 Å². The predicted molar refractivity (Wildman–Crippen MR) is 67.1 cm³/mol. The summed E-state index contributed by atoms with van der Waals surface area (Å²) in [5, 5.41) is 9.38. The van der Waals surface area contributed by atoms with Gasteiger partial charge in [0, 0.05) is 18.5 Å². The highest BCUT2D eigenvalue weighted by Gasteiger charge is 2.41. The second kappa shape index (κ2) is 4.99. The van der Waals surface area contributed by atoms with Gasteiger partial charge in [-0.15, -0.1) is 0 Å². The molecule has 1 amide bonds. The van der Waals surface area contributed by atoms with Crippen molar-refractivity contribution >= 4 is 11.9 Å². The molecule has 1 aliphatic carbocycles. The van der Waals surface area contributed by atoms with Crippen molar-refractivity contribution in [3.05, 3.63) is 35.1 Å². The molecule has 1 N–H and O–H groups in total. The molecule has 1 fully saturated rings. The maximum absolute atomic E-state index is 13.9. The fraction of sp³-hybridized carbons (Fsp3) is 0.429. The number of amides is 1. The number of carbonyl (C=O) groups excluding carboxylic acids is 1. The SMILES string of the molecule is CC(=O)N(C1CC1)C(C(=O)O)c1cc(C)ccc1F. The first kappa shape index (κ1) is 13.5. The molecular weight excluding hydrogens is 249 g/mol. The molecule has 1 aromatic rings. The summed E-state index contributed by atoms with van der Waals surface area (Å²) in [5.74, 6) is -2.13. The molecule has 0 radical (unpaired) electrons. The van der Waals surface area contributed by atoms with E-state index in [0.29, 0.717) is 0 Å². The largest absolute Gasteiger partial charge is 0.479 e. The third kappa shape index (κ3) is 2.75. The lowest BCUT2D eigenvalue weighted by Crippen LogP contribution is -2.39. The topological polar surface area (TPSA) is 57.6 Å². The molecule has 1 saturated carbocycles. The van der Waals surface area contributed by atoms with Crippen LogP contribution in [0.2, 0.25) is 0 Å². The number of carboxylic acid groups (broad SMARTS) is 1. The molecule has 0 aliphatic heterocycles. The fourth-order valence-electron chi connectivity index (χ4n) is 2.28. The van der Waals surface area contributed by atoms with E-state index in [1.54, 1.807) is 13.0 Å². The number of rotatable bonds is 4. The first-order chi connectivity index (χ1) is 8.91. The summed E-state index contributed by atoms with van der Waals surface area (Å²) in [7, 11) is 0. The van der Waals surface area contributed by atoms with Crippen LogP contribution in [0.25, 0.3) is 0 Å². The van der Waals surface area contributed by atoms with Gasteiger partial charge in [0.05, 0.1) is 0 Å². The van der Waals surface area contributed by atoms with Crippen molar-refractivity contribution in [3.63, 3.8) is 0 Å². The number of hydrogen-bond acceptors (Lipinski definition) is 2. The van der Waals surface area contributed by atoms with Gasteiger partial charge in [-0.3, -0.25) is 4.79 Å². The first-order valence-corrected chi connectivity index (χ1v) is 6.19. The lowest BCUT2D eigenvalue weighted by molar-refractivity contribution is -0.150. The monoisotopic (exact) mass is 265 g/mol. The van der Waals surface area contributed by atoms with Crippen LogP contribution in [0.1, 0.15) is 36.9 Å². The average molecular weight is 265 g/mol. The molecule has 0 spiro atoms. The molecule has 19 heavy (non-hydrogen) atoms. The van der Waals surface area contributed by atoms with Crippen molar-refractivity contribution in [2.45, 2.75) is 38.8 Å². The van der Waals surface area contributed by atoms with E-state index < -0.39 is 17.8 Å². The van der Waals surface area contributed by atoms with Crippen molar-refractivity contribution in [1.29, 1.82) is 0 Å². The molecule has 102 valence electrons. The minimum atomic E-state index is -1.25. The molecule has 1 aliphatic rings. The highest BCUT2D eigenvalue weighted by molar-refractivity contribution is 5.84. The fourth-order valence-corrected chi connectivity index (χ4v) is 2.28. The van der Waals surface area contributed by atoms with Crippen molar-refractivity contribution in [2.24, 2.45) is 0 Å². The molecular formula is C14H16FNO3. The van der Waals surface area contributed by atoms with Crippen LogP contribution in [0, 0.1) is 12.7 Å². The van der Waals surface area contributed by atoms with Gasteiger partial charge in [-0.05, 0) is 25.8 Å². The van der Waals surface area contributed by atoms with Crippen LogP contribution in [-0.4, -0.2) is 27.9 Å². The molecule has 1 aromatic carbocycles. The van der Waals surface area contributed by atoms with Crippen molar-refractivity contribution in [3.8, 4) is 0 Å². The Balaban J connectivity index is 2.47. The Morgan fingerprint density at radius 2 is 2.05 bits per heavy atom. The van der Waals surface area contributed by atoms with Gasteiger partial charge in [-0.1, -0.05) is 17.7 Å². The third-order valence-corrected chi connectivity index (χ3v) is 3.26. The van der Waals surface area contributed by atoms with E-state index in [1.165, 1.54) is 24.0 Å². The molecule has 5 heteroatoms. The summed E-state index contributed by atoms with van der Waals surface area (Å²) >= 11 is 0. The van der Waals surface area contributed by atoms with Gasteiger partial charge in [-0.25, -0.2) is 9.18 Å². The summed E-state index contributed by atoms with van der Waals surface area (Å²) in [5.41, 5.74) is 0.816. The van der Waals surface area contributed by atoms with E-state index in [-0.39, 0.29) is 17.5 Å². The van der Waals surface area contributed by atoms with Gasteiger partial charge >= 0.3 is 5.97 Å². The Labute approximate surface area is 110 Å². The maximum atomic E-state index is 13.9. The van der Waals surface area contributed by atoms with Crippen LogP contribution in [-0.2, 0) is 9.59 Å². The number of carbonyl (C=O) groups is 2. The van der Waals surface area contributed by atoms with Gasteiger partial charge in [0.15, 0.2) is 6.04 Å². The smallest absolute Gasteiger partial charge is 0.331 e. The molecule has 0 heterocycles. The van der Waals surface area contributed by atoms with E-state index in [2.05, 4.69) is 0 Å². The van der Waals surface area contributed by atoms with E-state index in [9.17, 15) is 19.1 Å². The van der Waals surface area contributed by atoms with Gasteiger partial charge in [0.1, 0.15) is 5.82 Å². The van der Waals surface area contributed by atoms with Crippen LogP contribution in [0.15, 0.2) is 18.2 Å². The van der Waals surface area contributed by atoms with Crippen LogP contribution in [0.5, 0.6) is 0 Å². The summed E-state index contributed by atoms with van der Waals surface area (Å²) in [4.78, 5) is 24.4. The van der Waals surface area contributed by atoms with Crippen LogP contribution >= 0.6 is 0 Å². The van der Waals surface area contributed by atoms with Crippen molar-refractivity contribution < 1.29 is 19.1 Å². The number of nitrogens with zero attached hydrogens (tertiary/aromatic N) is 1. The maximum Gasteiger partial charge on any atom is 0.331 e. The molecule has 1 atom stereocenters. The number of benzene rings is 1. The quantitative estimate of drug-likeness (QED) is 0.908. The Bertz CT molecular complexity index is 525. The van der Waals surface area contributed by atoms with E-state index in [4.69, 9.17) is 0 Å². The van der Waals surface area contributed by atoms with E-state index in [1.807, 2.05) is 0 Å². The highest BCUT2D eigenvalue weighted by Crippen LogP contribution is 2.35. The number of aryl methyl sites for hydroxylation is 1. The first-order valence-electron chi connectivity index (χ1n) is 6.19. The molecule has 0 bridgehead atoms. The number of carboxylic acids is 1. The molecule has 2 rings (SSSR count). The van der Waals surface area contributed by atoms with Crippen molar-refractivity contribution in [1.82, 2.24) is 4.90 Å². The standard InChI is InChI=1S/C14H16FNO3/c1-8-3-6-12(15)11(7-8)13(14(18)19)16(9(2)17)10-4-5-10/h3,6-7,10,13H,4-5H2,1-2H3,(H,18,19). The Morgan fingerprint density at radius 1 is 1.42 bits per heavy atom. The second-order valence-electron chi connectivity index (χ2n) is 4.92. The van der Waals surface area contributed by atoms with Gasteiger partial charge in [0.25, 0.3) is 0 Å². The Morgan fingerprint density at radius 3 is 2.53 bits per heavy atom. The predicted octanol–water partition coefficient (Wildman–Crippen LogP) is 2.27. The van der Waals surface area contributed by atoms with E-state index in [0.717, 1.165) is 18.4 Å². The second-order valence-corrected chi connectivity index (χ2v) is 4.92. The number of aliphatic carboxylic acids is 1. The molecule has 0 saturated heterocycles. The zero-order valence-electron chi connectivity index (χ0n) is 10.9. The van der Waals surface area contributed by atoms with Crippen LogP contribution in [0.4, 0.5) is 4.39 Å². The summed E-state index contributed by atoms with van der Waals surface area (Å²) in [6.07, 6.45) is 1.55. The highest BCUT2D eigenvalue weighted by atomic mass is 19.1. The Kier molecular flexibility index (Phi) is 3.55. The van der Waals surface area contributed by atoms with Crippen molar-refractivity contribution in [2.75, 3.05) is 0 Å².